The molecule has 0 aliphatic carbocycles. The predicted molar refractivity (Wildman–Crippen MR) is 67.5 cm³/mol. The van der Waals surface area contributed by atoms with Crippen molar-refractivity contribution in [1.29, 1.82) is 0 Å². The number of hydrogen-bond acceptors (Lipinski definition) is 4. The Morgan fingerprint density at radius 2 is 2.35 bits per heavy atom. The Balaban J connectivity index is 1.77. The van der Waals surface area contributed by atoms with E-state index < -0.39 is 0 Å². The van der Waals surface area contributed by atoms with Crippen molar-refractivity contribution in [2.75, 3.05) is 13.2 Å². The quantitative estimate of drug-likeness (QED) is 0.839. The van der Waals surface area contributed by atoms with Crippen molar-refractivity contribution in [2.24, 2.45) is 0 Å². The van der Waals surface area contributed by atoms with Crippen LogP contribution in [0, 0.1) is 6.92 Å². The van der Waals surface area contributed by atoms with Gasteiger partial charge in [-0.05, 0) is 38.8 Å². The number of hydrogen-bond donors (Lipinski definition) is 1. The molecule has 2 rings (SSSR count). The van der Waals surface area contributed by atoms with Crippen molar-refractivity contribution < 1.29 is 4.74 Å². The molecule has 4 nitrogen and oxygen atoms in total. The molecule has 94 valence electrons. The van der Waals surface area contributed by atoms with Crippen LogP contribution >= 0.6 is 11.6 Å². The summed E-state index contributed by atoms with van der Waals surface area (Å²) in [6.45, 7) is 3.64. The van der Waals surface area contributed by atoms with Crippen LogP contribution in [0.15, 0.2) is 6.07 Å². The van der Waals surface area contributed by atoms with Gasteiger partial charge in [0.15, 0.2) is 0 Å². The molecule has 1 aliphatic rings. The van der Waals surface area contributed by atoms with Crippen molar-refractivity contribution in [3.05, 3.63) is 16.9 Å². The standard InChI is InChI=1S/C12H18ClN3O/c1-9-8-11(13)16-12(15-9)17-7-5-10-4-2-3-6-14-10/h8,10,14H,2-7H2,1H3/t10-/m0/s1. The highest BCUT2D eigenvalue weighted by Crippen LogP contribution is 2.13. The van der Waals surface area contributed by atoms with Gasteiger partial charge in [-0.25, -0.2) is 4.98 Å². The number of rotatable bonds is 4. The molecule has 1 aliphatic heterocycles. The van der Waals surface area contributed by atoms with Gasteiger partial charge in [-0.1, -0.05) is 18.0 Å². The molecule has 0 amide bonds. The summed E-state index contributed by atoms with van der Waals surface area (Å²) < 4.78 is 5.52. The third-order valence-electron chi connectivity index (χ3n) is 2.91. The maximum Gasteiger partial charge on any atom is 0.318 e. The Kier molecular flexibility index (Phi) is 4.57. The first-order valence-electron chi connectivity index (χ1n) is 6.11. The van der Waals surface area contributed by atoms with Crippen LogP contribution in [0.5, 0.6) is 6.01 Å². The second-order valence-corrected chi connectivity index (χ2v) is 4.79. The zero-order valence-corrected chi connectivity index (χ0v) is 10.8. The summed E-state index contributed by atoms with van der Waals surface area (Å²) >= 11 is 5.83. The van der Waals surface area contributed by atoms with Crippen LogP contribution in [0.1, 0.15) is 31.4 Å². The third kappa shape index (κ3) is 4.13. The Labute approximate surface area is 107 Å². The maximum absolute atomic E-state index is 5.83. The molecule has 1 N–H and O–H groups in total. The van der Waals surface area contributed by atoms with Gasteiger partial charge in [0, 0.05) is 11.7 Å². The highest BCUT2D eigenvalue weighted by molar-refractivity contribution is 6.29. The summed E-state index contributed by atoms with van der Waals surface area (Å²) in [6, 6.07) is 2.67. The Bertz CT molecular complexity index is 347. The Hall–Kier alpha value is -0.870. The van der Waals surface area contributed by atoms with Gasteiger partial charge in [-0.3, -0.25) is 0 Å². The average Bonchev–Trinajstić information content (AvgIpc) is 2.29. The van der Waals surface area contributed by atoms with Crippen LogP contribution in [-0.2, 0) is 0 Å². The molecular formula is C12H18ClN3O. The molecule has 2 heterocycles. The Morgan fingerprint density at radius 1 is 1.47 bits per heavy atom. The summed E-state index contributed by atoms with van der Waals surface area (Å²) in [7, 11) is 0. The molecule has 0 bridgehead atoms. The van der Waals surface area contributed by atoms with E-state index in [0.717, 1.165) is 18.7 Å². The molecular weight excluding hydrogens is 238 g/mol. The predicted octanol–water partition coefficient (Wildman–Crippen LogP) is 2.35. The zero-order valence-electron chi connectivity index (χ0n) is 10.1. The normalized spacial score (nSPS) is 20.2. The molecule has 0 aromatic carbocycles. The molecule has 0 spiro atoms. The van der Waals surface area contributed by atoms with Crippen molar-refractivity contribution in [3.8, 4) is 6.01 Å². The molecule has 1 aromatic heterocycles. The molecule has 17 heavy (non-hydrogen) atoms. The van der Waals surface area contributed by atoms with E-state index in [-0.39, 0.29) is 0 Å². The number of ether oxygens (including phenoxy) is 1. The van der Waals surface area contributed by atoms with Crippen molar-refractivity contribution >= 4 is 11.6 Å². The molecule has 1 fully saturated rings. The lowest BCUT2D eigenvalue weighted by molar-refractivity contribution is 0.252. The molecule has 1 saturated heterocycles. The van der Waals surface area contributed by atoms with Crippen LogP contribution in [0.4, 0.5) is 0 Å². The van der Waals surface area contributed by atoms with Crippen molar-refractivity contribution in [3.63, 3.8) is 0 Å². The average molecular weight is 256 g/mol. The minimum Gasteiger partial charge on any atom is -0.463 e. The van der Waals surface area contributed by atoms with E-state index >= 15 is 0 Å². The molecule has 0 saturated carbocycles. The number of nitrogens with one attached hydrogen (secondary N) is 1. The van der Waals surface area contributed by atoms with Crippen LogP contribution in [0.2, 0.25) is 5.15 Å². The minimum absolute atomic E-state index is 0.380. The van der Waals surface area contributed by atoms with E-state index in [1.165, 1.54) is 19.3 Å². The van der Waals surface area contributed by atoms with Crippen molar-refractivity contribution in [2.45, 2.75) is 38.6 Å². The first-order chi connectivity index (χ1) is 8.24. The van der Waals surface area contributed by atoms with Gasteiger partial charge in [0.05, 0.1) is 6.61 Å². The number of aromatic nitrogens is 2. The monoisotopic (exact) mass is 255 g/mol. The van der Waals surface area contributed by atoms with Gasteiger partial charge in [-0.15, -0.1) is 0 Å². The second-order valence-electron chi connectivity index (χ2n) is 4.40. The fraction of sp³-hybridized carbons (Fsp3) is 0.667. The van der Waals surface area contributed by atoms with E-state index in [4.69, 9.17) is 16.3 Å². The van der Waals surface area contributed by atoms with Gasteiger partial charge < -0.3 is 10.1 Å². The van der Waals surface area contributed by atoms with Gasteiger partial charge in [0.2, 0.25) is 0 Å². The van der Waals surface area contributed by atoms with E-state index in [1.807, 2.05) is 6.92 Å². The van der Waals surface area contributed by atoms with Crippen LogP contribution < -0.4 is 10.1 Å². The fourth-order valence-corrected chi connectivity index (χ4v) is 2.26. The number of nitrogens with zero attached hydrogens (tertiary/aromatic N) is 2. The zero-order chi connectivity index (χ0) is 12.1. The molecule has 5 heteroatoms. The third-order valence-corrected chi connectivity index (χ3v) is 3.11. The summed E-state index contributed by atoms with van der Waals surface area (Å²) in [6.07, 6.45) is 4.83. The summed E-state index contributed by atoms with van der Waals surface area (Å²) in [5.41, 5.74) is 0.829. The lowest BCUT2D eigenvalue weighted by atomic mass is 10.0. The number of piperidine rings is 1. The fourth-order valence-electron chi connectivity index (χ4n) is 2.03. The largest absolute Gasteiger partial charge is 0.463 e. The van der Waals surface area contributed by atoms with Gasteiger partial charge >= 0.3 is 6.01 Å². The summed E-state index contributed by atoms with van der Waals surface area (Å²) in [4.78, 5) is 8.21. The number of halogens is 1. The summed E-state index contributed by atoms with van der Waals surface area (Å²) in [5, 5.41) is 3.91. The molecule has 1 aromatic rings. The molecule has 1 atom stereocenters. The topological polar surface area (TPSA) is 47.0 Å². The SMILES string of the molecule is Cc1cc(Cl)nc(OCC[C@@H]2CCCCN2)n1. The van der Waals surface area contributed by atoms with Crippen molar-refractivity contribution in [1.82, 2.24) is 15.3 Å². The van der Waals surface area contributed by atoms with E-state index in [2.05, 4.69) is 15.3 Å². The van der Waals surface area contributed by atoms with Crippen LogP contribution in [0.3, 0.4) is 0 Å². The highest BCUT2D eigenvalue weighted by Gasteiger charge is 2.12. The van der Waals surface area contributed by atoms with E-state index in [1.54, 1.807) is 6.07 Å². The van der Waals surface area contributed by atoms with E-state index in [9.17, 15) is 0 Å². The van der Waals surface area contributed by atoms with Gasteiger partial charge in [-0.2, -0.15) is 4.98 Å². The summed E-state index contributed by atoms with van der Waals surface area (Å²) in [5.74, 6) is 0. The molecule has 0 unspecified atom stereocenters. The van der Waals surface area contributed by atoms with Gasteiger partial charge in [0.1, 0.15) is 5.15 Å². The first kappa shape index (κ1) is 12.6. The van der Waals surface area contributed by atoms with Crippen LogP contribution in [0.25, 0.3) is 0 Å². The maximum atomic E-state index is 5.83. The Morgan fingerprint density at radius 3 is 3.06 bits per heavy atom. The number of aryl methyl sites for hydroxylation is 1. The highest BCUT2D eigenvalue weighted by atomic mass is 35.5. The van der Waals surface area contributed by atoms with Gasteiger partial charge in [0.25, 0.3) is 0 Å². The molecule has 0 radical (unpaired) electrons. The van der Waals surface area contributed by atoms with E-state index in [0.29, 0.717) is 23.8 Å². The lowest BCUT2D eigenvalue weighted by Gasteiger charge is -2.23. The second kappa shape index (κ2) is 6.17. The first-order valence-corrected chi connectivity index (χ1v) is 6.49. The minimum atomic E-state index is 0.380. The lowest BCUT2D eigenvalue weighted by Crippen LogP contribution is -2.35. The van der Waals surface area contributed by atoms with Crippen LogP contribution in [-0.4, -0.2) is 29.2 Å². The smallest absolute Gasteiger partial charge is 0.318 e.